The van der Waals surface area contributed by atoms with Crippen molar-refractivity contribution in [3.8, 4) is 5.75 Å². The van der Waals surface area contributed by atoms with Crippen molar-refractivity contribution in [2.75, 3.05) is 34.0 Å². The molecule has 0 bridgehead atoms. The molecule has 0 radical (unpaired) electrons. The van der Waals surface area contributed by atoms with Crippen LogP contribution in [0.15, 0.2) is 42.0 Å². The molecular formula is C49H77ClN4O12S. The molecule has 3 heterocycles. The van der Waals surface area contributed by atoms with E-state index in [1.165, 1.54) is 52.0 Å². The molecule has 1 saturated carbocycles. The number of aliphatic hydroxyl groups is 1. The quantitative estimate of drug-likeness (QED) is 0.0481. The Hall–Kier alpha value is -4.45. The van der Waals surface area contributed by atoms with Crippen molar-refractivity contribution in [1.82, 2.24) is 20.4 Å². The van der Waals surface area contributed by atoms with Gasteiger partial charge in [0.05, 0.1) is 29.1 Å². The van der Waals surface area contributed by atoms with Gasteiger partial charge in [0.15, 0.2) is 0 Å². The van der Waals surface area contributed by atoms with Gasteiger partial charge < -0.3 is 39.4 Å². The molecule has 67 heavy (non-hydrogen) atoms. The second kappa shape index (κ2) is 30.8. The van der Waals surface area contributed by atoms with Crippen LogP contribution < -0.4 is 15.4 Å². The fourth-order valence-electron chi connectivity index (χ4n) is 7.30. The van der Waals surface area contributed by atoms with Crippen LogP contribution in [0.2, 0.25) is 5.02 Å². The van der Waals surface area contributed by atoms with Gasteiger partial charge in [0.1, 0.15) is 29.9 Å². The molecule has 4 fully saturated rings. The number of thioether (sulfide) groups is 1. The molecule has 4 N–H and O–H groups in total. The zero-order valence-electron chi connectivity index (χ0n) is 41.5. The van der Waals surface area contributed by atoms with Gasteiger partial charge in [-0.1, -0.05) is 88.4 Å². The number of carboxylic acid groups (broad SMARTS) is 1. The lowest BCUT2D eigenvalue weighted by Crippen LogP contribution is -2.56. The highest BCUT2D eigenvalue weighted by molar-refractivity contribution is 8.00. The number of likely N-dealkylation sites (tertiary alicyclic amines) is 1. The van der Waals surface area contributed by atoms with E-state index in [0.717, 1.165) is 46.5 Å². The maximum atomic E-state index is 12.1. The molecule has 18 heteroatoms. The van der Waals surface area contributed by atoms with Gasteiger partial charge in [-0.3, -0.25) is 29.4 Å². The van der Waals surface area contributed by atoms with Crippen LogP contribution in [0.1, 0.15) is 131 Å². The molecule has 3 unspecified atom stereocenters. The number of amides is 5. The normalized spacial score (nSPS) is 23.8. The average Bonchev–Trinajstić information content (AvgIpc) is 3.89. The largest absolute Gasteiger partial charge is 0.495 e. The molecule has 4 aliphatic rings. The van der Waals surface area contributed by atoms with Gasteiger partial charge in [-0.25, -0.2) is 9.59 Å². The monoisotopic (exact) mass is 980 g/mol. The predicted molar refractivity (Wildman–Crippen MR) is 262 cm³/mol. The number of carbonyl (C=O) groups excluding carboxylic acids is 6. The fourth-order valence-corrected chi connectivity index (χ4v) is 8.63. The molecule has 0 spiro atoms. The lowest BCUT2D eigenvalue weighted by atomic mass is 9.91. The second-order valence-electron chi connectivity index (χ2n) is 16.7. The van der Waals surface area contributed by atoms with Crippen LogP contribution in [0.25, 0.3) is 0 Å². The van der Waals surface area contributed by atoms with Crippen molar-refractivity contribution in [2.24, 2.45) is 5.92 Å². The van der Waals surface area contributed by atoms with Crippen LogP contribution in [0.5, 0.6) is 5.75 Å². The topological polar surface area (TPSA) is 221 Å². The number of likely N-dealkylation sites (N-methyl/N-ethyl adjacent to an activating group) is 1. The third-order valence-electron chi connectivity index (χ3n) is 11.6. The summed E-state index contributed by atoms with van der Waals surface area (Å²) in [4.78, 5) is 81.5. The Morgan fingerprint density at radius 2 is 1.78 bits per heavy atom. The van der Waals surface area contributed by atoms with Crippen molar-refractivity contribution >= 4 is 65.3 Å². The number of aldehydes is 1. The molecular weight excluding hydrogens is 904 g/mol. The number of hydrogen-bond acceptors (Lipinski definition) is 12. The molecule has 0 aromatic heterocycles. The SMILES string of the molecule is CC.CC.CNC(=O)CC[C@]1(C)OC1CC1C[C@](O)(C/C=C/C=C(\C)Cc2ccc(Cl)c(OC)c2)NC(=O)O1.C[C@@H](C(=O)O)N(C)C(=O)CCSC1CC(=O)N(C)C1=O.O=CC1CCCCC1. The summed E-state index contributed by atoms with van der Waals surface area (Å²) in [5, 5.41) is 25.1. The molecule has 1 aromatic carbocycles. The summed E-state index contributed by atoms with van der Waals surface area (Å²) < 4.78 is 16.4. The molecule has 16 nitrogen and oxygen atoms in total. The van der Waals surface area contributed by atoms with E-state index in [9.17, 15) is 38.7 Å². The number of epoxide rings is 1. The summed E-state index contributed by atoms with van der Waals surface area (Å²) in [5.41, 5.74) is 0.401. The smallest absolute Gasteiger partial charge is 0.409 e. The van der Waals surface area contributed by atoms with Crippen molar-refractivity contribution in [3.63, 3.8) is 0 Å². The number of nitrogens with one attached hydrogen (secondary N) is 2. The minimum absolute atomic E-state index is 0.0351. The summed E-state index contributed by atoms with van der Waals surface area (Å²) in [6, 6.07) is 4.81. The first-order chi connectivity index (χ1) is 31.7. The van der Waals surface area contributed by atoms with Crippen molar-refractivity contribution in [1.29, 1.82) is 0 Å². The van der Waals surface area contributed by atoms with E-state index in [0.29, 0.717) is 41.7 Å². The van der Waals surface area contributed by atoms with Crippen LogP contribution in [-0.2, 0) is 44.7 Å². The van der Waals surface area contributed by atoms with Gasteiger partial charge in [0, 0.05) is 71.3 Å². The number of cyclic esters (lactones) is 1. The Morgan fingerprint density at radius 1 is 1.12 bits per heavy atom. The first kappa shape index (κ1) is 60.6. The second-order valence-corrected chi connectivity index (χ2v) is 18.4. The molecule has 1 aliphatic carbocycles. The Balaban J connectivity index is 0.000000586. The summed E-state index contributed by atoms with van der Waals surface area (Å²) in [6.07, 6.45) is 14.7. The summed E-state index contributed by atoms with van der Waals surface area (Å²) in [6.45, 7) is 13.4. The fraction of sp³-hybridized carbons (Fsp3) is 0.653. The summed E-state index contributed by atoms with van der Waals surface area (Å²) in [5.74, 6) is -0.411. The van der Waals surface area contributed by atoms with E-state index in [-0.39, 0.29) is 55.4 Å². The minimum Gasteiger partial charge on any atom is -0.495 e. The molecule has 6 atom stereocenters. The number of benzene rings is 1. The maximum absolute atomic E-state index is 12.1. The van der Waals surface area contributed by atoms with Crippen LogP contribution in [0.3, 0.4) is 0 Å². The maximum Gasteiger partial charge on any atom is 0.409 e. The third kappa shape index (κ3) is 21.2. The number of aliphatic carboxylic acids is 1. The predicted octanol–water partition coefficient (Wildman–Crippen LogP) is 7.66. The van der Waals surface area contributed by atoms with Gasteiger partial charge in [0.25, 0.3) is 0 Å². The number of methoxy groups -OCH3 is 1. The van der Waals surface area contributed by atoms with Crippen molar-refractivity contribution in [2.45, 2.75) is 167 Å². The van der Waals surface area contributed by atoms with E-state index in [1.807, 2.05) is 78.0 Å². The average molecular weight is 982 g/mol. The Labute approximate surface area is 407 Å². The van der Waals surface area contributed by atoms with Crippen molar-refractivity contribution < 1.29 is 58.0 Å². The van der Waals surface area contributed by atoms with Gasteiger partial charge in [-0.05, 0) is 64.2 Å². The van der Waals surface area contributed by atoms with Gasteiger partial charge >= 0.3 is 12.1 Å². The number of imide groups is 1. The van der Waals surface area contributed by atoms with Crippen LogP contribution in [0.4, 0.5) is 4.79 Å². The number of carboxylic acids is 1. The highest BCUT2D eigenvalue weighted by Crippen LogP contribution is 2.44. The zero-order chi connectivity index (χ0) is 50.9. The van der Waals surface area contributed by atoms with Crippen LogP contribution in [-0.4, -0.2) is 131 Å². The molecule has 3 aliphatic heterocycles. The Kier molecular flexibility index (Phi) is 27.9. The number of allylic oxidation sites excluding steroid dienone is 3. The molecule has 5 rings (SSSR count). The number of halogens is 1. The number of alkyl carbamates (subject to hydrolysis) is 1. The van der Waals surface area contributed by atoms with Crippen molar-refractivity contribution in [3.05, 3.63) is 52.6 Å². The first-order valence-corrected chi connectivity index (χ1v) is 24.8. The highest BCUT2D eigenvalue weighted by Gasteiger charge is 2.54. The summed E-state index contributed by atoms with van der Waals surface area (Å²) >= 11 is 7.34. The van der Waals surface area contributed by atoms with E-state index in [2.05, 4.69) is 10.6 Å². The number of ether oxygens (including phenoxy) is 3. The lowest BCUT2D eigenvalue weighted by Gasteiger charge is -2.36. The molecule has 5 amide bonds. The van der Waals surface area contributed by atoms with Gasteiger partial charge in [-0.2, -0.15) is 0 Å². The van der Waals surface area contributed by atoms with Crippen LogP contribution in [0, 0.1) is 5.92 Å². The zero-order valence-corrected chi connectivity index (χ0v) is 43.1. The van der Waals surface area contributed by atoms with E-state index < -0.39 is 40.8 Å². The Morgan fingerprint density at radius 3 is 2.33 bits per heavy atom. The third-order valence-corrected chi connectivity index (χ3v) is 13.2. The number of nitrogens with zero attached hydrogens (tertiary/aromatic N) is 2. The number of rotatable bonds is 18. The van der Waals surface area contributed by atoms with E-state index >= 15 is 0 Å². The van der Waals surface area contributed by atoms with E-state index in [1.54, 1.807) is 14.2 Å². The standard InChI is InChI=1S/C26H35ClN2O6.C12H18N2O5S.C7H12O.2C2H6/c1-17(13-18-8-9-20(27)21(14-18)33-4)7-5-6-11-26(32)16-19(34-24(31)29-26)15-22-25(2,35-22)12-10-23(30)28-3;1-7(12(18)19)13(2)9(15)4-5-20-8-6-10(16)14(3)11(8)17;8-6-7-4-2-1-3-5-7;2*1-2/h5-9,14,19,22,32H,10-13,15-16H2,1-4H3,(H,28,30)(H,29,31);7-8H,4-6H2,1-3H3,(H,18,19);6-7H,1-5H2;2*1-2H3/b6-5+,17-7+;;;;/t19?,22?,25-,26+;7-,8?;;;/m00.../s1. The number of carbonyl (C=O) groups is 7. The first-order valence-electron chi connectivity index (χ1n) is 23.3. The van der Waals surface area contributed by atoms with Crippen LogP contribution >= 0.6 is 23.4 Å². The summed E-state index contributed by atoms with van der Waals surface area (Å²) in [7, 11) is 6.07. The van der Waals surface area contributed by atoms with E-state index in [4.69, 9.17) is 30.9 Å². The molecule has 378 valence electrons. The van der Waals surface area contributed by atoms with Gasteiger partial charge in [0.2, 0.25) is 23.6 Å². The Bertz CT molecular complexity index is 1840. The van der Waals surface area contributed by atoms with Gasteiger partial charge in [-0.15, -0.1) is 11.8 Å². The molecule has 3 saturated heterocycles. The lowest BCUT2D eigenvalue weighted by molar-refractivity contribution is -0.148. The molecule has 1 aromatic rings. The highest BCUT2D eigenvalue weighted by atomic mass is 35.5. The minimum atomic E-state index is -1.39. The number of hydrogen-bond donors (Lipinski definition) is 4.